The summed E-state index contributed by atoms with van der Waals surface area (Å²) in [6.45, 7) is 6.80. The Morgan fingerprint density at radius 3 is 2.94 bits per heavy atom. The van der Waals surface area contributed by atoms with Crippen LogP contribution in [0.1, 0.15) is 54.3 Å². The minimum atomic E-state index is -3.51. The largest absolute Gasteiger partial charge is 0.376 e. The molecule has 0 spiro atoms. The Balaban J connectivity index is 1.27. The molecule has 1 atom stereocenters. The van der Waals surface area contributed by atoms with Gasteiger partial charge in [0.25, 0.3) is 0 Å². The van der Waals surface area contributed by atoms with Crippen molar-refractivity contribution in [2.24, 2.45) is 0 Å². The Hall–Kier alpha value is -1.74. The summed E-state index contributed by atoms with van der Waals surface area (Å²) in [4.78, 5) is 2.73. The summed E-state index contributed by atoms with van der Waals surface area (Å²) in [5.41, 5.74) is 6.09. The quantitative estimate of drug-likeness (QED) is 0.741. The fraction of sp³-hybridized carbons (Fsp3) is 0.609. The van der Waals surface area contributed by atoms with Crippen LogP contribution < -0.4 is 4.72 Å². The highest BCUT2D eigenvalue weighted by molar-refractivity contribution is 7.89. The fourth-order valence-electron chi connectivity index (χ4n) is 5.28. The molecule has 0 radical (unpaired) electrons. The van der Waals surface area contributed by atoms with Crippen molar-refractivity contribution in [2.45, 2.75) is 76.1 Å². The fourth-order valence-corrected chi connectivity index (χ4v) is 6.59. The predicted molar refractivity (Wildman–Crippen MR) is 118 cm³/mol. The molecule has 0 bridgehead atoms. The second-order valence-corrected chi connectivity index (χ2v) is 10.7. The van der Waals surface area contributed by atoms with E-state index in [-0.39, 0.29) is 6.04 Å². The summed E-state index contributed by atoms with van der Waals surface area (Å²) in [6, 6.07) is 5.54. The van der Waals surface area contributed by atoms with Gasteiger partial charge >= 0.3 is 0 Å². The maximum atomic E-state index is 13.0. The van der Waals surface area contributed by atoms with Gasteiger partial charge in [-0.1, -0.05) is 6.07 Å². The van der Waals surface area contributed by atoms with Crippen LogP contribution in [-0.2, 0) is 53.7 Å². The van der Waals surface area contributed by atoms with Crippen molar-refractivity contribution in [3.05, 3.63) is 46.3 Å². The maximum Gasteiger partial charge on any atom is 0.240 e. The first-order chi connectivity index (χ1) is 15.0. The molecule has 1 aromatic carbocycles. The van der Waals surface area contributed by atoms with Crippen molar-refractivity contribution in [1.29, 1.82) is 0 Å². The lowest BCUT2D eigenvalue weighted by Crippen LogP contribution is -2.47. The van der Waals surface area contributed by atoms with Crippen LogP contribution in [0.3, 0.4) is 0 Å². The Morgan fingerprint density at radius 2 is 2.06 bits per heavy atom. The molecular formula is C23H32N4O3S. The van der Waals surface area contributed by atoms with Crippen molar-refractivity contribution in [2.75, 3.05) is 19.7 Å². The molecule has 3 heterocycles. The lowest BCUT2D eigenvalue weighted by atomic mass is 10.0. The molecular weight excluding hydrogens is 412 g/mol. The second-order valence-electron chi connectivity index (χ2n) is 8.97. The first kappa shape index (κ1) is 21.1. The summed E-state index contributed by atoms with van der Waals surface area (Å²) < 4.78 is 36.8. The van der Waals surface area contributed by atoms with Gasteiger partial charge in [0.15, 0.2) is 0 Å². The van der Waals surface area contributed by atoms with Gasteiger partial charge in [0.2, 0.25) is 10.0 Å². The van der Waals surface area contributed by atoms with Gasteiger partial charge in [-0.2, -0.15) is 5.10 Å². The highest BCUT2D eigenvalue weighted by Gasteiger charge is 2.28. The molecule has 1 fully saturated rings. The minimum Gasteiger partial charge on any atom is -0.376 e. The molecule has 1 unspecified atom stereocenters. The topological polar surface area (TPSA) is 76.5 Å². The van der Waals surface area contributed by atoms with Gasteiger partial charge in [0, 0.05) is 43.4 Å². The lowest BCUT2D eigenvalue weighted by molar-refractivity contribution is 0.107. The summed E-state index contributed by atoms with van der Waals surface area (Å²) in [6.07, 6.45) is 5.92. The monoisotopic (exact) mass is 444 g/mol. The van der Waals surface area contributed by atoms with E-state index < -0.39 is 10.0 Å². The number of aryl methyl sites for hydroxylation is 3. The molecule has 8 heteroatoms. The Labute approximate surface area is 184 Å². The summed E-state index contributed by atoms with van der Waals surface area (Å²) >= 11 is 0. The predicted octanol–water partition coefficient (Wildman–Crippen LogP) is 2.41. The molecule has 3 aliphatic rings. The number of likely N-dealkylation sites (tertiary alicyclic amines) is 1. The smallest absolute Gasteiger partial charge is 0.240 e. The van der Waals surface area contributed by atoms with Gasteiger partial charge in [-0.25, -0.2) is 13.1 Å². The van der Waals surface area contributed by atoms with E-state index in [1.807, 2.05) is 12.1 Å². The number of piperidine rings is 1. The van der Waals surface area contributed by atoms with E-state index in [1.165, 1.54) is 22.4 Å². The SMILES string of the molecule is CCn1nc(CN2CCCC(NS(=O)(=O)c3ccc4c(c3)CCC4)C2)c2c1CCOC2. The number of nitrogens with zero attached hydrogens (tertiary/aromatic N) is 3. The van der Waals surface area contributed by atoms with Gasteiger partial charge < -0.3 is 4.74 Å². The summed E-state index contributed by atoms with van der Waals surface area (Å²) in [7, 11) is -3.51. The van der Waals surface area contributed by atoms with Crippen LogP contribution in [0.15, 0.2) is 23.1 Å². The zero-order valence-corrected chi connectivity index (χ0v) is 19.1. The third-order valence-corrected chi connectivity index (χ3v) is 8.38. The number of hydrogen-bond donors (Lipinski definition) is 1. The van der Waals surface area contributed by atoms with Crippen LogP contribution in [0.5, 0.6) is 0 Å². The number of rotatable bonds is 6. The minimum absolute atomic E-state index is 0.0765. The number of sulfonamides is 1. The summed E-state index contributed by atoms with van der Waals surface area (Å²) in [5, 5.41) is 4.84. The van der Waals surface area contributed by atoms with E-state index in [9.17, 15) is 8.42 Å². The molecule has 7 nitrogen and oxygen atoms in total. The van der Waals surface area contributed by atoms with Gasteiger partial charge in [-0.3, -0.25) is 9.58 Å². The molecule has 31 heavy (non-hydrogen) atoms. The van der Waals surface area contributed by atoms with Gasteiger partial charge in [-0.05, 0) is 68.8 Å². The molecule has 1 saturated heterocycles. The van der Waals surface area contributed by atoms with Crippen molar-refractivity contribution in [3.8, 4) is 0 Å². The van der Waals surface area contributed by atoms with Crippen molar-refractivity contribution in [1.82, 2.24) is 19.4 Å². The Bertz CT molecular complexity index is 1060. The third-order valence-electron chi connectivity index (χ3n) is 6.86. The normalized spacial score (nSPS) is 21.8. The van der Waals surface area contributed by atoms with Gasteiger partial charge in [0.1, 0.15) is 0 Å². The molecule has 2 aromatic rings. The third kappa shape index (κ3) is 4.31. The standard InChI is InChI=1S/C23H32N4O3S/c1-2-27-23-10-12-30-16-21(23)22(24-27)15-26-11-4-7-19(14-26)25-31(28,29)20-9-8-17-5-3-6-18(17)13-20/h8-9,13,19,25H,2-7,10-12,14-16H2,1H3. The molecule has 168 valence electrons. The first-order valence-corrected chi connectivity index (χ1v) is 13.0. The number of fused-ring (bicyclic) bond motifs is 2. The molecule has 1 aromatic heterocycles. The zero-order valence-electron chi connectivity index (χ0n) is 18.3. The van der Waals surface area contributed by atoms with E-state index in [4.69, 9.17) is 9.84 Å². The average Bonchev–Trinajstić information content (AvgIpc) is 3.38. The molecule has 1 aliphatic carbocycles. The maximum absolute atomic E-state index is 13.0. The van der Waals surface area contributed by atoms with Crippen LogP contribution in [0.4, 0.5) is 0 Å². The van der Waals surface area contributed by atoms with Crippen LogP contribution in [0.25, 0.3) is 0 Å². The van der Waals surface area contributed by atoms with E-state index in [1.54, 1.807) is 6.07 Å². The highest BCUT2D eigenvalue weighted by atomic mass is 32.2. The second kappa shape index (κ2) is 8.65. The molecule has 5 rings (SSSR count). The highest BCUT2D eigenvalue weighted by Crippen LogP contribution is 2.26. The number of benzene rings is 1. The van der Waals surface area contributed by atoms with E-state index >= 15 is 0 Å². The van der Waals surface area contributed by atoms with Crippen molar-refractivity contribution < 1.29 is 13.2 Å². The Morgan fingerprint density at radius 1 is 1.19 bits per heavy atom. The van der Waals surface area contributed by atoms with Crippen LogP contribution in [-0.4, -0.2) is 48.8 Å². The van der Waals surface area contributed by atoms with E-state index in [2.05, 4.69) is 21.2 Å². The number of nitrogens with one attached hydrogen (secondary N) is 1. The first-order valence-electron chi connectivity index (χ1n) is 11.5. The van der Waals surface area contributed by atoms with Gasteiger partial charge in [0.05, 0.1) is 23.8 Å². The lowest BCUT2D eigenvalue weighted by Gasteiger charge is -2.32. The average molecular weight is 445 g/mol. The number of hydrogen-bond acceptors (Lipinski definition) is 5. The van der Waals surface area contributed by atoms with Crippen LogP contribution in [0, 0.1) is 0 Å². The van der Waals surface area contributed by atoms with E-state index in [0.29, 0.717) is 18.0 Å². The molecule has 1 N–H and O–H groups in total. The number of ether oxygens (including phenoxy) is 1. The van der Waals surface area contributed by atoms with E-state index in [0.717, 1.165) is 70.5 Å². The zero-order chi connectivity index (χ0) is 21.4. The van der Waals surface area contributed by atoms with Gasteiger partial charge in [-0.15, -0.1) is 0 Å². The van der Waals surface area contributed by atoms with Crippen molar-refractivity contribution >= 4 is 10.0 Å². The van der Waals surface area contributed by atoms with Crippen molar-refractivity contribution in [3.63, 3.8) is 0 Å². The molecule has 0 amide bonds. The molecule has 0 saturated carbocycles. The number of aromatic nitrogens is 2. The Kier molecular flexibility index (Phi) is 5.90. The van der Waals surface area contributed by atoms with Crippen LogP contribution >= 0.6 is 0 Å². The molecule has 2 aliphatic heterocycles. The summed E-state index contributed by atoms with van der Waals surface area (Å²) in [5.74, 6) is 0. The van der Waals surface area contributed by atoms with Crippen LogP contribution in [0.2, 0.25) is 0 Å².